The monoisotopic (exact) mass is 239 g/mol. The number of aromatic hydroxyl groups is 1. The standard InChI is InChI=1S/C8H6BrN3O/c9-7-6-4(11-8(10)12-7)2-1-3-5(6)13/h1-3,13H,(H2,10,11,12). The predicted molar refractivity (Wildman–Crippen MR) is 53.3 cm³/mol. The summed E-state index contributed by atoms with van der Waals surface area (Å²) >= 11 is 3.21. The Balaban J connectivity index is 2.94. The third-order valence-corrected chi connectivity index (χ3v) is 2.25. The number of aromatic nitrogens is 2. The fourth-order valence-corrected chi connectivity index (χ4v) is 1.73. The number of nitrogen functional groups attached to an aromatic ring is 1. The molecule has 5 heteroatoms. The van der Waals surface area contributed by atoms with Gasteiger partial charge in [0.25, 0.3) is 0 Å². The van der Waals surface area contributed by atoms with Crippen LogP contribution in [0.15, 0.2) is 22.8 Å². The molecule has 0 fully saturated rings. The minimum atomic E-state index is 0.143. The van der Waals surface area contributed by atoms with E-state index in [-0.39, 0.29) is 11.7 Å². The zero-order chi connectivity index (χ0) is 9.42. The first-order valence-electron chi connectivity index (χ1n) is 3.59. The van der Waals surface area contributed by atoms with Gasteiger partial charge in [0.15, 0.2) is 0 Å². The molecule has 0 amide bonds. The van der Waals surface area contributed by atoms with E-state index in [9.17, 15) is 5.11 Å². The summed E-state index contributed by atoms with van der Waals surface area (Å²) in [5.74, 6) is 0.328. The van der Waals surface area contributed by atoms with Crippen molar-refractivity contribution >= 4 is 32.8 Å². The van der Waals surface area contributed by atoms with Crippen LogP contribution in [0.2, 0.25) is 0 Å². The Labute approximate surface area is 82.6 Å². The number of phenols is 1. The molecule has 0 radical (unpaired) electrons. The molecule has 4 nitrogen and oxygen atoms in total. The van der Waals surface area contributed by atoms with Crippen LogP contribution in [0.3, 0.4) is 0 Å². The van der Waals surface area contributed by atoms with Crippen LogP contribution >= 0.6 is 15.9 Å². The predicted octanol–water partition coefficient (Wildman–Crippen LogP) is 1.68. The Morgan fingerprint density at radius 2 is 2.08 bits per heavy atom. The number of anilines is 1. The Morgan fingerprint density at radius 1 is 1.31 bits per heavy atom. The number of hydrogen-bond acceptors (Lipinski definition) is 4. The van der Waals surface area contributed by atoms with Gasteiger partial charge in [0.2, 0.25) is 5.95 Å². The van der Waals surface area contributed by atoms with Gasteiger partial charge in [-0.25, -0.2) is 9.97 Å². The van der Waals surface area contributed by atoms with E-state index in [1.165, 1.54) is 0 Å². The third-order valence-electron chi connectivity index (χ3n) is 1.67. The van der Waals surface area contributed by atoms with Gasteiger partial charge in [-0.1, -0.05) is 6.07 Å². The molecular formula is C8H6BrN3O. The van der Waals surface area contributed by atoms with Gasteiger partial charge >= 0.3 is 0 Å². The summed E-state index contributed by atoms with van der Waals surface area (Å²) in [4.78, 5) is 7.86. The molecule has 2 aromatic rings. The molecule has 66 valence electrons. The van der Waals surface area contributed by atoms with Crippen LogP contribution in [-0.4, -0.2) is 15.1 Å². The van der Waals surface area contributed by atoms with Gasteiger partial charge in [-0.2, -0.15) is 0 Å². The number of halogens is 1. The summed E-state index contributed by atoms with van der Waals surface area (Å²) in [6.07, 6.45) is 0. The maximum absolute atomic E-state index is 9.49. The van der Waals surface area contributed by atoms with Gasteiger partial charge in [0.1, 0.15) is 10.4 Å². The van der Waals surface area contributed by atoms with Gasteiger partial charge in [-0.15, -0.1) is 0 Å². The minimum absolute atomic E-state index is 0.143. The summed E-state index contributed by atoms with van der Waals surface area (Å²) in [5.41, 5.74) is 6.07. The molecule has 0 spiro atoms. The van der Waals surface area contributed by atoms with Crippen LogP contribution in [0.1, 0.15) is 0 Å². The molecule has 0 aliphatic heterocycles. The Bertz CT molecular complexity index is 472. The highest BCUT2D eigenvalue weighted by Gasteiger charge is 2.06. The number of nitrogens with zero attached hydrogens (tertiary/aromatic N) is 2. The molecule has 0 saturated heterocycles. The molecule has 0 bridgehead atoms. The van der Waals surface area contributed by atoms with Gasteiger partial charge in [-0.3, -0.25) is 0 Å². The van der Waals surface area contributed by atoms with Crippen molar-refractivity contribution in [3.8, 4) is 5.75 Å². The molecule has 0 unspecified atom stereocenters. The van der Waals surface area contributed by atoms with Gasteiger partial charge < -0.3 is 10.8 Å². The second kappa shape index (κ2) is 2.85. The lowest BCUT2D eigenvalue weighted by atomic mass is 10.2. The third kappa shape index (κ3) is 1.31. The summed E-state index contributed by atoms with van der Waals surface area (Å²) < 4.78 is 0.508. The van der Waals surface area contributed by atoms with E-state index in [0.29, 0.717) is 15.5 Å². The molecule has 0 aliphatic carbocycles. The van der Waals surface area contributed by atoms with Crippen molar-refractivity contribution < 1.29 is 5.11 Å². The average molecular weight is 240 g/mol. The molecule has 0 atom stereocenters. The Kier molecular flexibility index (Phi) is 1.81. The summed E-state index contributed by atoms with van der Waals surface area (Å²) in [5, 5.41) is 10.1. The normalized spacial score (nSPS) is 10.5. The molecule has 1 heterocycles. The lowest BCUT2D eigenvalue weighted by Gasteiger charge is -2.02. The van der Waals surface area contributed by atoms with Crippen molar-refractivity contribution in [3.63, 3.8) is 0 Å². The second-order valence-electron chi connectivity index (χ2n) is 2.54. The first kappa shape index (κ1) is 8.25. The van der Waals surface area contributed by atoms with E-state index in [2.05, 4.69) is 25.9 Å². The van der Waals surface area contributed by atoms with E-state index >= 15 is 0 Å². The maximum Gasteiger partial charge on any atom is 0.221 e. The molecule has 1 aromatic heterocycles. The molecule has 2 rings (SSSR count). The maximum atomic E-state index is 9.49. The van der Waals surface area contributed by atoms with Gasteiger partial charge in [0, 0.05) is 0 Å². The van der Waals surface area contributed by atoms with Crippen molar-refractivity contribution in [3.05, 3.63) is 22.8 Å². The van der Waals surface area contributed by atoms with E-state index in [4.69, 9.17) is 5.73 Å². The van der Waals surface area contributed by atoms with Crippen LogP contribution in [0.25, 0.3) is 10.9 Å². The van der Waals surface area contributed by atoms with Crippen LogP contribution in [0, 0.1) is 0 Å². The van der Waals surface area contributed by atoms with Crippen molar-refractivity contribution in [1.29, 1.82) is 0 Å². The van der Waals surface area contributed by atoms with E-state index in [0.717, 1.165) is 0 Å². The smallest absolute Gasteiger partial charge is 0.221 e. The fraction of sp³-hybridized carbons (Fsp3) is 0. The van der Waals surface area contributed by atoms with Gasteiger partial charge in [0.05, 0.1) is 10.9 Å². The highest BCUT2D eigenvalue weighted by atomic mass is 79.9. The van der Waals surface area contributed by atoms with Crippen molar-refractivity contribution in [1.82, 2.24) is 9.97 Å². The minimum Gasteiger partial charge on any atom is -0.507 e. The number of nitrogens with two attached hydrogens (primary N) is 1. The molecule has 0 aliphatic rings. The Morgan fingerprint density at radius 3 is 2.85 bits per heavy atom. The lowest BCUT2D eigenvalue weighted by molar-refractivity contribution is 0.481. The topological polar surface area (TPSA) is 72.0 Å². The van der Waals surface area contributed by atoms with Gasteiger partial charge in [-0.05, 0) is 28.1 Å². The van der Waals surface area contributed by atoms with E-state index in [1.807, 2.05) is 0 Å². The Hall–Kier alpha value is -1.36. The van der Waals surface area contributed by atoms with Crippen LogP contribution in [-0.2, 0) is 0 Å². The number of benzene rings is 1. The zero-order valence-corrected chi connectivity index (χ0v) is 8.12. The summed E-state index contributed by atoms with van der Waals surface area (Å²) in [6.45, 7) is 0. The lowest BCUT2D eigenvalue weighted by Crippen LogP contribution is -1.95. The highest BCUT2D eigenvalue weighted by molar-refractivity contribution is 9.10. The van der Waals surface area contributed by atoms with Crippen molar-refractivity contribution in [2.45, 2.75) is 0 Å². The molecule has 1 aromatic carbocycles. The quantitative estimate of drug-likeness (QED) is 0.687. The number of hydrogen-bond donors (Lipinski definition) is 2. The molecular weight excluding hydrogens is 234 g/mol. The molecule has 3 N–H and O–H groups in total. The van der Waals surface area contributed by atoms with Crippen LogP contribution in [0.4, 0.5) is 5.95 Å². The first-order valence-corrected chi connectivity index (χ1v) is 4.38. The van der Waals surface area contributed by atoms with Crippen molar-refractivity contribution in [2.75, 3.05) is 5.73 Å². The largest absolute Gasteiger partial charge is 0.507 e. The fourth-order valence-electron chi connectivity index (χ4n) is 1.14. The van der Waals surface area contributed by atoms with Crippen molar-refractivity contribution in [2.24, 2.45) is 0 Å². The van der Waals surface area contributed by atoms with Crippen LogP contribution in [0.5, 0.6) is 5.75 Å². The second-order valence-corrected chi connectivity index (χ2v) is 3.30. The molecule has 13 heavy (non-hydrogen) atoms. The van der Waals surface area contributed by atoms with E-state index < -0.39 is 0 Å². The van der Waals surface area contributed by atoms with E-state index in [1.54, 1.807) is 18.2 Å². The summed E-state index contributed by atoms with van der Waals surface area (Å²) in [6, 6.07) is 5.04. The molecule has 0 saturated carbocycles. The zero-order valence-electron chi connectivity index (χ0n) is 6.53. The SMILES string of the molecule is Nc1nc(Br)c2c(O)cccc2n1. The number of rotatable bonds is 0. The van der Waals surface area contributed by atoms with Crippen LogP contribution < -0.4 is 5.73 Å². The number of phenolic OH excluding ortho intramolecular Hbond substituents is 1. The average Bonchev–Trinajstić information content (AvgIpc) is 2.02. The number of fused-ring (bicyclic) bond motifs is 1. The summed E-state index contributed by atoms with van der Waals surface area (Å²) in [7, 11) is 0. The first-order chi connectivity index (χ1) is 6.18. The highest BCUT2D eigenvalue weighted by Crippen LogP contribution is 2.29.